The van der Waals surface area contributed by atoms with Crippen LogP contribution in [0, 0.1) is 5.41 Å². The van der Waals surface area contributed by atoms with E-state index in [-0.39, 0.29) is 11.5 Å². The number of aryl methyl sites for hydroxylation is 1. The molecule has 1 unspecified atom stereocenters. The van der Waals surface area contributed by atoms with Crippen molar-refractivity contribution in [1.82, 2.24) is 9.36 Å². The van der Waals surface area contributed by atoms with Crippen molar-refractivity contribution in [2.75, 3.05) is 5.32 Å². The quantitative estimate of drug-likeness (QED) is 0.904. The van der Waals surface area contributed by atoms with Gasteiger partial charge in [-0.1, -0.05) is 33.8 Å². The molecule has 0 aliphatic heterocycles. The van der Waals surface area contributed by atoms with Crippen LogP contribution in [-0.2, 0) is 6.42 Å². The van der Waals surface area contributed by atoms with Crippen molar-refractivity contribution in [2.45, 2.75) is 40.2 Å². The molecule has 1 N–H and O–H groups in total. The lowest BCUT2D eigenvalue weighted by molar-refractivity contribution is 0.351. The van der Waals surface area contributed by atoms with Crippen molar-refractivity contribution in [3.63, 3.8) is 0 Å². The number of rotatable bonds is 4. The van der Waals surface area contributed by atoms with E-state index in [4.69, 9.17) is 0 Å². The lowest BCUT2D eigenvalue weighted by Crippen LogP contribution is -2.24. The van der Waals surface area contributed by atoms with Crippen LogP contribution in [-0.4, -0.2) is 9.36 Å². The van der Waals surface area contributed by atoms with Crippen molar-refractivity contribution >= 4 is 28.0 Å². The van der Waals surface area contributed by atoms with E-state index in [1.165, 1.54) is 16.4 Å². The van der Waals surface area contributed by atoms with Gasteiger partial charge in [0.2, 0.25) is 5.13 Å². The molecule has 5 heteroatoms. The van der Waals surface area contributed by atoms with Crippen molar-refractivity contribution in [3.05, 3.63) is 28.2 Å². The molecule has 2 rings (SSSR count). The summed E-state index contributed by atoms with van der Waals surface area (Å²) in [5.74, 6) is 0.918. The van der Waals surface area contributed by atoms with Gasteiger partial charge in [0.05, 0.1) is 6.04 Å². The molecule has 0 aliphatic rings. The summed E-state index contributed by atoms with van der Waals surface area (Å²) >= 11 is 3.23. The summed E-state index contributed by atoms with van der Waals surface area (Å²) in [6.07, 6.45) is 0.886. The first-order valence-corrected chi connectivity index (χ1v) is 7.78. The first-order valence-electron chi connectivity index (χ1n) is 6.13. The van der Waals surface area contributed by atoms with Crippen LogP contribution >= 0.6 is 22.9 Å². The summed E-state index contributed by atoms with van der Waals surface area (Å²) in [6, 6.07) is 4.54. The molecule has 0 bridgehead atoms. The van der Waals surface area contributed by atoms with E-state index in [0.717, 1.165) is 17.4 Å². The summed E-state index contributed by atoms with van der Waals surface area (Å²) in [4.78, 5) is 5.84. The van der Waals surface area contributed by atoms with Crippen LogP contribution in [0.4, 0.5) is 5.13 Å². The van der Waals surface area contributed by atoms with Gasteiger partial charge in [-0.25, -0.2) is 4.98 Å². The van der Waals surface area contributed by atoms with Crippen LogP contribution in [0.25, 0.3) is 0 Å². The molecule has 0 amide bonds. The number of hydrogen-bond acceptors (Lipinski definition) is 5. The van der Waals surface area contributed by atoms with Crippen LogP contribution in [0.2, 0.25) is 0 Å². The Kier molecular flexibility index (Phi) is 4.02. The highest BCUT2D eigenvalue weighted by atomic mass is 32.1. The Labute approximate surface area is 116 Å². The predicted molar refractivity (Wildman–Crippen MR) is 79.4 cm³/mol. The molecule has 0 saturated carbocycles. The van der Waals surface area contributed by atoms with E-state index in [9.17, 15) is 0 Å². The minimum atomic E-state index is 0.142. The SMILES string of the molecule is CCc1nsc(NC(c2cccs2)C(C)(C)C)n1. The van der Waals surface area contributed by atoms with Gasteiger partial charge in [-0.3, -0.25) is 0 Å². The van der Waals surface area contributed by atoms with E-state index in [2.05, 4.69) is 59.9 Å². The Morgan fingerprint density at radius 1 is 1.39 bits per heavy atom. The van der Waals surface area contributed by atoms with Crippen LogP contribution in [0.15, 0.2) is 17.5 Å². The molecule has 2 aromatic heterocycles. The van der Waals surface area contributed by atoms with Crippen LogP contribution < -0.4 is 5.32 Å². The van der Waals surface area contributed by atoms with Gasteiger partial charge in [0.25, 0.3) is 0 Å². The lowest BCUT2D eigenvalue weighted by Gasteiger charge is -2.30. The highest BCUT2D eigenvalue weighted by Gasteiger charge is 2.27. The second-order valence-corrected chi connectivity index (χ2v) is 7.06. The average Bonchev–Trinajstić information content (AvgIpc) is 2.95. The largest absolute Gasteiger partial charge is 0.352 e. The Balaban J connectivity index is 2.21. The molecule has 18 heavy (non-hydrogen) atoms. The van der Waals surface area contributed by atoms with Crippen LogP contribution in [0.3, 0.4) is 0 Å². The molecule has 1 atom stereocenters. The third-order valence-electron chi connectivity index (χ3n) is 2.75. The van der Waals surface area contributed by atoms with Gasteiger partial charge in [0, 0.05) is 22.8 Å². The first kappa shape index (κ1) is 13.5. The van der Waals surface area contributed by atoms with E-state index >= 15 is 0 Å². The number of nitrogens with zero attached hydrogens (tertiary/aromatic N) is 2. The van der Waals surface area contributed by atoms with Gasteiger partial charge in [-0.05, 0) is 16.9 Å². The van der Waals surface area contributed by atoms with Crippen molar-refractivity contribution in [2.24, 2.45) is 5.41 Å². The Hall–Kier alpha value is -0.940. The molecule has 2 aromatic rings. The average molecular weight is 281 g/mol. The van der Waals surface area contributed by atoms with Crippen molar-refractivity contribution in [1.29, 1.82) is 0 Å². The van der Waals surface area contributed by atoms with Gasteiger partial charge in [0.1, 0.15) is 5.82 Å². The molecule has 0 aliphatic carbocycles. The topological polar surface area (TPSA) is 37.8 Å². The summed E-state index contributed by atoms with van der Waals surface area (Å²) in [7, 11) is 0. The molecule has 98 valence electrons. The van der Waals surface area contributed by atoms with Gasteiger partial charge < -0.3 is 5.32 Å². The molecule has 2 heterocycles. The molecule has 0 spiro atoms. The fourth-order valence-electron chi connectivity index (χ4n) is 1.75. The third-order valence-corrected chi connectivity index (χ3v) is 4.37. The number of aromatic nitrogens is 2. The highest BCUT2D eigenvalue weighted by molar-refractivity contribution is 7.10. The Morgan fingerprint density at radius 3 is 2.67 bits per heavy atom. The second-order valence-electron chi connectivity index (χ2n) is 5.33. The van der Waals surface area contributed by atoms with Crippen molar-refractivity contribution < 1.29 is 0 Å². The minimum absolute atomic E-state index is 0.142. The minimum Gasteiger partial charge on any atom is -0.352 e. The first-order chi connectivity index (χ1) is 8.50. The molecular weight excluding hydrogens is 262 g/mol. The maximum Gasteiger partial charge on any atom is 0.203 e. The van der Waals surface area contributed by atoms with Gasteiger partial charge >= 0.3 is 0 Å². The number of nitrogens with one attached hydrogen (secondary N) is 1. The van der Waals surface area contributed by atoms with E-state index in [1.54, 1.807) is 11.3 Å². The molecule has 0 fully saturated rings. The number of anilines is 1. The highest BCUT2D eigenvalue weighted by Crippen LogP contribution is 2.38. The normalized spacial score (nSPS) is 13.6. The van der Waals surface area contributed by atoms with Gasteiger partial charge in [0.15, 0.2) is 0 Å². The lowest BCUT2D eigenvalue weighted by atomic mass is 9.86. The van der Waals surface area contributed by atoms with E-state index < -0.39 is 0 Å². The fraction of sp³-hybridized carbons (Fsp3) is 0.538. The monoisotopic (exact) mass is 281 g/mol. The van der Waals surface area contributed by atoms with Crippen LogP contribution in [0.1, 0.15) is 44.4 Å². The third kappa shape index (κ3) is 3.09. The maximum absolute atomic E-state index is 4.49. The fourth-order valence-corrected chi connectivity index (χ4v) is 3.45. The standard InChI is InChI=1S/C13H19N3S2/c1-5-10-14-12(18-16-10)15-11(13(2,3)4)9-7-6-8-17-9/h6-8,11H,5H2,1-4H3,(H,14,15,16). The predicted octanol–water partition coefficient (Wildman–Crippen LogP) is 4.36. The van der Waals surface area contributed by atoms with Gasteiger partial charge in [-0.2, -0.15) is 4.37 Å². The number of hydrogen-bond donors (Lipinski definition) is 1. The summed E-state index contributed by atoms with van der Waals surface area (Å²) < 4.78 is 4.32. The second kappa shape index (κ2) is 5.36. The summed E-state index contributed by atoms with van der Waals surface area (Å²) in [5.41, 5.74) is 0.142. The van der Waals surface area contributed by atoms with E-state index in [0.29, 0.717) is 0 Å². The molecular formula is C13H19N3S2. The van der Waals surface area contributed by atoms with Gasteiger partial charge in [-0.15, -0.1) is 11.3 Å². The summed E-state index contributed by atoms with van der Waals surface area (Å²) in [5, 5.41) is 6.57. The summed E-state index contributed by atoms with van der Waals surface area (Å²) in [6.45, 7) is 8.80. The zero-order valence-electron chi connectivity index (χ0n) is 11.2. The van der Waals surface area contributed by atoms with Crippen molar-refractivity contribution in [3.8, 4) is 0 Å². The zero-order valence-corrected chi connectivity index (χ0v) is 12.9. The zero-order chi connectivity index (χ0) is 13.2. The Morgan fingerprint density at radius 2 is 2.17 bits per heavy atom. The smallest absolute Gasteiger partial charge is 0.203 e. The molecule has 3 nitrogen and oxygen atoms in total. The maximum atomic E-state index is 4.49. The Bertz CT molecular complexity index is 483. The molecule has 0 radical (unpaired) electrons. The molecule has 0 saturated heterocycles. The van der Waals surface area contributed by atoms with Crippen LogP contribution in [0.5, 0.6) is 0 Å². The number of thiophene rings is 1. The van der Waals surface area contributed by atoms with E-state index in [1.807, 2.05) is 0 Å². The molecule has 0 aromatic carbocycles.